The van der Waals surface area contributed by atoms with Crippen LogP contribution in [-0.2, 0) is 13.0 Å². The highest BCUT2D eigenvalue weighted by molar-refractivity contribution is 5.29. The van der Waals surface area contributed by atoms with Gasteiger partial charge in [0.1, 0.15) is 0 Å². The van der Waals surface area contributed by atoms with Crippen molar-refractivity contribution in [2.24, 2.45) is 0 Å². The molecule has 0 aliphatic carbocycles. The second-order valence-electron chi connectivity index (χ2n) is 4.92. The Balaban J connectivity index is 1.80. The SMILES string of the molecule is C[C@@H](c1ccccn1)N1CCc2ccccc2C1. The van der Waals surface area contributed by atoms with Gasteiger partial charge >= 0.3 is 0 Å². The minimum atomic E-state index is 0.388. The first kappa shape index (κ1) is 11.4. The summed E-state index contributed by atoms with van der Waals surface area (Å²) in [7, 11) is 0. The van der Waals surface area contributed by atoms with Gasteiger partial charge in [0, 0.05) is 25.3 Å². The van der Waals surface area contributed by atoms with E-state index in [0.29, 0.717) is 6.04 Å². The van der Waals surface area contributed by atoms with Gasteiger partial charge in [-0.15, -0.1) is 0 Å². The van der Waals surface area contributed by atoms with E-state index in [4.69, 9.17) is 0 Å². The van der Waals surface area contributed by atoms with Crippen molar-refractivity contribution in [2.75, 3.05) is 6.54 Å². The molecule has 3 rings (SSSR count). The molecule has 1 aliphatic heterocycles. The second kappa shape index (κ2) is 4.91. The van der Waals surface area contributed by atoms with Crippen LogP contribution in [-0.4, -0.2) is 16.4 Å². The normalized spacial score (nSPS) is 17.2. The van der Waals surface area contributed by atoms with E-state index < -0.39 is 0 Å². The summed E-state index contributed by atoms with van der Waals surface area (Å²) in [6.07, 6.45) is 3.02. The monoisotopic (exact) mass is 238 g/mol. The van der Waals surface area contributed by atoms with Gasteiger partial charge in [0.05, 0.1) is 5.69 Å². The summed E-state index contributed by atoms with van der Waals surface area (Å²) in [4.78, 5) is 6.97. The van der Waals surface area contributed by atoms with E-state index in [1.807, 2.05) is 12.3 Å². The summed E-state index contributed by atoms with van der Waals surface area (Å²) in [6, 6.07) is 15.3. The Morgan fingerprint density at radius 2 is 1.83 bits per heavy atom. The third-order valence-corrected chi connectivity index (χ3v) is 3.82. The van der Waals surface area contributed by atoms with E-state index in [1.54, 1.807) is 0 Å². The number of aromatic nitrogens is 1. The van der Waals surface area contributed by atoms with Crippen molar-refractivity contribution >= 4 is 0 Å². The van der Waals surface area contributed by atoms with Crippen molar-refractivity contribution in [3.05, 3.63) is 65.5 Å². The fraction of sp³-hybridized carbons (Fsp3) is 0.312. The molecule has 2 heteroatoms. The van der Waals surface area contributed by atoms with Crippen molar-refractivity contribution in [1.29, 1.82) is 0 Å². The van der Waals surface area contributed by atoms with Gasteiger partial charge in [-0.1, -0.05) is 30.3 Å². The molecule has 1 aliphatic rings. The maximum Gasteiger partial charge on any atom is 0.0572 e. The van der Waals surface area contributed by atoms with Crippen LogP contribution in [0.15, 0.2) is 48.7 Å². The number of nitrogens with zero attached hydrogens (tertiary/aromatic N) is 2. The first-order valence-corrected chi connectivity index (χ1v) is 6.56. The predicted molar refractivity (Wildman–Crippen MR) is 73.2 cm³/mol. The number of rotatable bonds is 2. The number of pyridine rings is 1. The highest BCUT2D eigenvalue weighted by atomic mass is 15.2. The zero-order chi connectivity index (χ0) is 12.4. The molecule has 0 saturated heterocycles. The van der Waals surface area contributed by atoms with Crippen LogP contribution in [0.1, 0.15) is 29.8 Å². The zero-order valence-corrected chi connectivity index (χ0v) is 10.7. The van der Waals surface area contributed by atoms with Gasteiger partial charge in [-0.05, 0) is 36.6 Å². The molecule has 92 valence electrons. The lowest BCUT2D eigenvalue weighted by Crippen LogP contribution is -2.33. The molecule has 0 fully saturated rings. The molecule has 0 N–H and O–H groups in total. The van der Waals surface area contributed by atoms with Crippen LogP contribution >= 0.6 is 0 Å². The van der Waals surface area contributed by atoms with Gasteiger partial charge in [-0.3, -0.25) is 9.88 Å². The predicted octanol–water partition coefficient (Wildman–Crippen LogP) is 3.20. The molecule has 0 radical (unpaired) electrons. The fourth-order valence-corrected chi connectivity index (χ4v) is 2.66. The number of hydrogen-bond donors (Lipinski definition) is 0. The third kappa shape index (κ3) is 2.16. The Bertz CT molecular complexity index is 522. The van der Waals surface area contributed by atoms with Gasteiger partial charge in [-0.2, -0.15) is 0 Å². The average molecular weight is 238 g/mol. The third-order valence-electron chi connectivity index (χ3n) is 3.82. The fourth-order valence-electron chi connectivity index (χ4n) is 2.66. The van der Waals surface area contributed by atoms with Crippen LogP contribution in [0.5, 0.6) is 0 Å². The number of benzene rings is 1. The van der Waals surface area contributed by atoms with E-state index in [-0.39, 0.29) is 0 Å². The van der Waals surface area contributed by atoms with Crippen molar-refractivity contribution in [1.82, 2.24) is 9.88 Å². The summed E-state index contributed by atoms with van der Waals surface area (Å²) < 4.78 is 0. The average Bonchev–Trinajstić information content (AvgIpc) is 2.47. The van der Waals surface area contributed by atoms with Crippen molar-refractivity contribution in [3.63, 3.8) is 0 Å². The molecule has 0 bridgehead atoms. The minimum Gasteiger partial charge on any atom is -0.290 e. The topological polar surface area (TPSA) is 16.1 Å². The van der Waals surface area contributed by atoms with Crippen molar-refractivity contribution in [2.45, 2.75) is 25.9 Å². The van der Waals surface area contributed by atoms with E-state index in [2.05, 4.69) is 53.2 Å². The van der Waals surface area contributed by atoms with Gasteiger partial charge in [0.15, 0.2) is 0 Å². The van der Waals surface area contributed by atoms with E-state index in [1.165, 1.54) is 11.1 Å². The number of hydrogen-bond acceptors (Lipinski definition) is 2. The van der Waals surface area contributed by atoms with Crippen molar-refractivity contribution in [3.8, 4) is 0 Å². The molecular formula is C16H18N2. The molecule has 2 aromatic rings. The zero-order valence-electron chi connectivity index (χ0n) is 10.7. The van der Waals surface area contributed by atoms with Gasteiger partial charge in [0.25, 0.3) is 0 Å². The van der Waals surface area contributed by atoms with Gasteiger partial charge < -0.3 is 0 Å². The second-order valence-corrected chi connectivity index (χ2v) is 4.92. The summed E-state index contributed by atoms with van der Waals surface area (Å²) in [6.45, 7) is 4.40. The molecule has 2 heterocycles. The van der Waals surface area contributed by atoms with Gasteiger partial charge in [0.2, 0.25) is 0 Å². The van der Waals surface area contributed by atoms with Crippen LogP contribution in [0.2, 0.25) is 0 Å². The molecule has 1 atom stereocenters. The number of fused-ring (bicyclic) bond motifs is 1. The van der Waals surface area contributed by atoms with Gasteiger partial charge in [-0.25, -0.2) is 0 Å². The van der Waals surface area contributed by atoms with E-state index in [9.17, 15) is 0 Å². The summed E-state index contributed by atoms with van der Waals surface area (Å²) in [5.74, 6) is 0. The standard InChI is InChI=1S/C16H18N2/c1-13(16-8-4-5-10-17-16)18-11-9-14-6-2-3-7-15(14)12-18/h2-8,10,13H,9,11-12H2,1H3/t13-/m0/s1. The Hall–Kier alpha value is -1.67. The maximum atomic E-state index is 4.47. The molecule has 0 amide bonds. The Morgan fingerprint density at radius 1 is 1.06 bits per heavy atom. The summed E-state index contributed by atoms with van der Waals surface area (Å²) in [5, 5.41) is 0. The molecule has 0 unspecified atom stereocenters. The van der Waals surface area contributed by atoms with Crippen molar-refractivity contribution < 1.29 is 0 Å². The Morgan fingerprint density at radius 3 is 2.61 bits per heavy atom. The Kier molecular flexibility index (Phi) is 3.11. The minimum absolute atomic E-state index is 0.388. The molecule has 0 spiro atoms. The summed E-state index contributed by atoms with van der Waals surface area (Å²) in [5.41, 5.74) is 4.13. The van der Waals surface area contributed by atoms with E-state index in [0.717, 1.165) is 25.2 Å². The van der Waals surface area contributed by atoms with Crippen LogP contribution < -0.4 is 0 Å². The van der Waals surface area contributed by atoms with Crippen LogP contribution in [0.4, 0.5) is 0 Å². The lowest BCUT2D eigenvalue weighted by Gasteiger charge is -2.33. The molecule has 18 heavy (non-hydrogen) atoms. The molecule has 1 aromatic heterocycles. The smallest absolute Gasteiger partial charge is 0.0572 e. The van der Waals surface area contributed by atoms with E-state index >= 15 is 0 Å². The maximum absolute atomic E-state index is 4.47. The first-order chi connectivity index (χ1) is 8.84. The lowest BCUT2D eigenvalue weighted by atomic mass is 9.98. The Labute approximate surface area is 108 Å². The van der Waals surface area contributed by atoms with Crippen LogP contribution in [0.25, 0.3) is 0 Å². The van der Waals surface area contributed by atoms with Crippen LogP contribution in [0.3, 0.4) is 0 Å². The lowest BCUT2D eigenvalue weighted by molar-refractivity contribution is 0.189. The highest BCUT2D eigenvalue weighted by Crippen LogP contribution is 2.26. The molecule has 2 nitrogen and oxygen atoms in total. The quantitative estimate of drug-likeness (QED) is 0.798. The largest absolute Gasteiger partial charge is 0.290 e. The molecular weight excluding hydrogens is 220 g/mol. The molecule has 0 saturated carbocycles. The highest BCUT2D eigenvalue weighted by Gasteiger charge is 2.21. The molecule has 1 aromatic carbocycles. The first-order valence-electron chi connectivity index (χ1n) is 6.56. The van der Waals surface area contributed by atoms with Crippen LogP contribution in [0, 0.1) is 0 Å². The summed E-state index contributed by atoms with van der Waals surface area (Å²) >= 11 is 0.